The minimum absolute atomic E-state index is 0.155. The van der Waals surface area contributed by atoms with Gasteiger partial charge in [0.2, 0.25) is 5.91 Å². The molecule has 2 rings (SSSR count). The van der Waals surface area contributed by atoms with Gasteiger partial charge in [0.1, 0.15) is 5.75 Å². The summed E-state index contributed by atoms with van der Waals surface area (Å²) >= 11 is 0. The van der Waals surface area contributed by atoms with E-state index >= 15 is 0 Å². The molecule has 24 heavy (non-hydrogen) atoms. The first-order valence-electron chi connectivity index (χ1n) is 7.68. The Morgan fingerprint density at radius 2 is 1.71 bits per heavy atom. The van der Waals surface area contributed by atoms with Crippen LogP contribution in [0.25, 0.3) is 0 Å². The first-order chi connectivity index (χ1) is 11.5. The van der Waals surface area contributed by atoms with E-state index in [1.165, 1.54) is 0 Å². The van der Waals surface area contributed by atoms with Gasteiger partial charge in [-0.1, -0.05) is 42.0 Å². The Bertz CT molecular complexity index is 692. The van der Waals surface area contributed by atoms with Crippen molar-refractivity contribution < 1.29 is 19.4 Å². The number of hydrogen-bond donors (Lipinski definition) is 2. The largest absolute Gasteiger partial charge is 0.497 e. The summed E-state index contributed by atoms with van der Waals surface area (Å²) in [5.41, 5.74) is 2.70. The highest BCUT2D eigenvalue weighted by Gasteiger charge is 2.18. The molecule has 0 saturated carbocycles. The van der Waals surface area contributed by atoms with Crippen LogP contribution < -0.4 is 10.1 Å². The SMILES string of the molecule is COc1ccc(CC(=O)NC(CC(=O)O)c2ccc(C)cc2)cc1. The van der Waals surface area contributed by atoms with Gasteiger partial charge in [0.05, 0.1) is 26.0 Å². The molecule has 0 aliphatic heterocycles. The summed E-state index contributed by atoms with van der Waals surface area (Å²) in [7, 11) is 1.58. The normalized spacial score (nSPS) is 11.6. The van der Waals surface area contributed by atoms with Crippen molar-refractivity contribution >= 4 is 11.9 Å². The second kappa shape index (κ2) is 8.15. The third kappa shape index (κ3) is 5.12. The number of carboxylic acid groups (broad SMARTS) is 1. The molecule has 126 valence electrons. The Morgan fingerprint density at radius 3 is 2.25 bits per heavy atom. The van der Waals surface area contributed by atoms with E-state index in [0.717, 1.165) is 22.4 Å². The van der Waals surface area contributed by atoms with E-state index < -0.39 is 12.0 Å². The Kier molecular flexibility index (Phi) is 5.95. The number of aryl methyl sites for hydroxylation is 1. The van der Waals surface area contributed by atoms with E-state index in [0.29, 0.717) is 0 Å². The van der Waals surface area contributed by atoms with E-state index in [2.05, 4.69) is 5.32 Å². The highest BCUT2D eigenvalue weighted by molar-refractivity contribution is 5.80. The lowest BCUT2D eigenvalue weighted by Gasteiger charge is -2.18. The molecule has 0 radical (unpaired) electrons. The lowest BCUT2D eigenvalue weighted by atomic mass is 10.0. The lowest BCUT2D eigenvalue weighted by Crippen LogP contribution is -2.31. The average molecular weight is 327 g/mol. The molecule has 2 aromatic carbocycles. The first-order valence-corrected chi connectivity index (χ1v) is 7.68. The van der Waals surface area contributed by atoms with Crippen LogP contribution in [0.15, 0.2) is 48.5 Å². The Balaban J connectivity index is 2.05. The topological polar surface area (TPSA) is 75.6 Å². The van der Waals surface area contributed by atoms with Crippen molar-refractivity contribution in [2.45, 2.75) is 25.8 Å². The molecule has 1 atom stereocenters. The van der Waals surface area contributed by atoms with E-state index in [1.54, 1.807) is 19.2 Å². The van der Waals surface area contributed by atoms with Crippen LogP contribution in [0.1, 0.15) is 29.2 Å². The highest BCUT2D eigenvalue weighted by Crippen LogP contribution is 2.18. The summed E-state index contributed by atoms with van der Waals surface area (Å²) in [6.45, 7) is 1.96. The Labute approximate surface area is 141 Å². The summed E-state index contributed by atoms with van der Waals surface area (Å²) < 4.78 is 5.08. The van der Waals surface area contributed by atoms with Gasteiger partial charge >= 0.3 is 5.97 Å². The fourth-order valence-corrected chi connectivity index (χ4v) is 2.40. The molecule has 1 amide bonds. The number of rotatable bonds is 7. The minimum atomic E-state index is -0.953. The van der Waals surface area contributed by atoms with Gasteiger partial charge in [0, 0.05) is 0 Å². The van der Waals surface area contributed by atoms with Gasteiger partial charge in [-0.05, 0) is 30.2 Å². The number of benzene rings is 2. The predicted molar refractivity (Wildman–Crippen MR) is 91.0 cm³/mol. The van der Waals surface area contributed by atoms with Crippen LogP contribution in [0.3, 0.4) is 0 Å². The monoisotopic (exact) mass is 327 g/mol. The number of hydrogen-bond acceptors (Lipinski definition) is 3. The molecule has 5 heteroatoms. The lowest BCUT2D eigenvalue weighted by molar-refractivity contribution is -0.137. The summed E-state index contributed by atoms with van der Waals surface area (Å²) in [6, 6.07) is 14.2. The Hall–Kier alpha value is -2.82. The molecule has 0 heterocycles. The molecule has 0 spiro atoms. The van der Waals surface area contributed by atoms with Crippen LogP contribution in [0.5, 0.6) is 5.75 Å². The number of amides is 1. The van der Waals surface area contributed by atoms with Gasteiger partial charge in [-0.25, -0.2) is 0 Å². The number of ether oxygens (including phenoxy) is 1. The molecule has 0 saturated heterocycles. The zero-order valence-corrected chi connectivity index (χ0v) is 13.8. The third-order valence-electron chi connectivity index (χ3n) is 3.72. The summed E-state index contributed by atoms with van der Waals surface area (Å²) in [5.74, 6) is -0.445. The molecule has 0 fully saturated rings. The van der Waals surface area contributed by atoms with Crippen LogP contribution in [0.4, 0.5) is 0 Å². The summed E-state index contributed by atoms with van der Waals surface area (Å²) in [6.07, 6.45) is 0.0311. The van der Waals surface area contributed by atoms with Crippen LogP contribution in [0, 0.1) is 6.92 Å². The van der Waals surface area contributed by atoms with Gasteiger partial charge in [0.25, 0.3) is 0 Å². The molecule has 0 aliphatic carbocycles. The van der Waals surface area contributed by atoms with Crippen LogP contribution in [-0.2, 0) is 16.0 Å². The van der Waals surface area contributed by atoms with Crippen molar-refractivity contribution in [3.63, 3.8) is 0 Å². The number of carboxylic acids is 1. The maximum atomic E-state index is 12.3. The van der Waals surface area contributed by atoms with Gasteiger partial charge in [0.15, 0.2) is 0 Å². The molecule has 5 nitrogen and oxygen atoms in total. The standard InChI is InChI=1S/C19H21NO4/c1-13-3-7-15(8-4-13)17(12-19(22)23)20-18(21)11-14-5-9-16(24-2)10-6-14/h3-10,17H,11-12H2,1-2H3,(H,20,21)(H,22,23). The molecule has 0 bridgehead atoms. The van der Waals surface area contributed by atoms with Crippen LogP contribution in [-0.4, -0.2) is 24.1 Å². The second-order valence-electron chi connectivity index (χ2n) is 5.65. The summed E-state index contributed by atoms with van der Waals surface area (Å²) in [4.78, 5) is 23.4. The van der Waals surface area contributed by atoms with Gasteiger partial charge < -0.3 is 15.2 Å². The maximum Gasteiger partial charge on any atom is 0.305 e. The Morgan fingerprint density at radius 1 is 1.08 bits per heavy atom. The van der Waals surface area contributed by atoms with Crippen LogP contribution in [0.2, 0.25) is 0 Å². The molecule has 2 N–H and O–H groups in total. The van der Waals surface area contributed by atoms with Gasteiger partial charge in [-0.15, -0.1) is 0 Å². The zero-order valence-electron chi connectivity index (χ0n) is 13.8. The fourth-order valence-electron chi connectivity index (χ4n) is 2.40. The van der Waals surface area contributed by atoms with Crippen molar-refractivity contribution in [1.82, 2.24) is 5.32 Å². The van der Waals surface area contributed by atoms with Crippen molar-refractivity contribution in [2.75, 3.05) is 7.11 Å². The molecular weight excluding hydrogens is 306 g/mol. The van der Waals surface area contributed by atoms with E-state index in [9.17, 15) is 9.59 Å². The third-order valence-corrected chi connectivity index (χ3v) is 3.72. The van der Waals surface area contributed by atoms with E-state index in [-0.39, 0.29) is 18.7 Å². The van der Waals surface area contributed by atoms with Crippen LogP contribution >= 0.6 is 0 Å². The van der Waals surface area contributed by atoms with Crippen molar-refractivity contribution in [2.24, 2.45) is 0 Å². The zero-order chi connectivity index (χ0) is 17.5. The van der Waals surface area contributed by atoms with E-state index in [4.69, 9.17) is 9.84 Å². The minimum Gasteiger partial charge on any atom is -0.497 e. The summed E-state index contributed by atoms with van der Waals surface area (Å²) in [5, 5.41) is 11.9. The fraction of sp³-hybridized carbons (Fsp3) is 0.263. The first kappa shape index (κ1) is 17.5. The molecule has 0 aliphatic rings. The maximum absolute atomic E-state index is 12.3. The molecule has 2 aromatic rings. The van der Waals surface area contributed by atoms with E-state index in [1.807, 2.05) is 43.3 Å². The number of methoxy groups -OCH3 is 1. The van der Waals surface area contributed by atoms with Crippen molar-refractivity contribution in [1.29, 1.82) is 0 Å². The number of carbonyl (C=O) groups excluding carboxylic acids is 1. The number of aliphatic carboxylic acids is 1. The molecule has 0 aromatic heterocycles. The van der Waals surface area contributed by atoms with Crippen molar-refractivity contribution in [3.8, 4) is 5.75 Å². The smallest absolute Gasteiger partial charge is 0.305 e. The molecule has 1 unspecified atom stereocenters. The second-order valence-corrected chi connectivity index (χ2v) is 5.65. The van der Waals surface area contributed by atoms with Gasteiger partial charge in [-0.3, -0.25) is 9.59 Å². The highest BCUT2D eigenvalue weighted by atomic mass is 16.5. The predicted octanol–water partition coefficient (Wildman–Crippen LogP) is 2.88. The van der Waals surface area contributed by atoms with Gasteiger partial charge in [-0.2, -0.15) is 0 Å². The average Bonchev–Trinajstić information content (AvgIpc) is 2.55. The number of carbonyl (C=O) groups is 2. The molecular formula is C19H21NO4. The quantitative estimate of drug-likeness (QED) is 0.820. The van der Waals surface area contributed by atoms with Crippen molar-refractivity contribution in [3.05, 3.63) is 65.2 Å². The number of nitrogens with one attached hydrogen (secondary N) is 1.